The van der Waals surface area contributed by atoms with Crippen LogP contribution in [0.1, 0.15) is 38.4 Å². The van der Waals surface area contributed by atoms with E-state index in [1.165, 1.54) is 0 Å². The molecule has 5 heteroatoms. The van der Waals surface area contributed by atoms with Gasteiger partial charge in [-0.3, -0.25) is 14.6 Å². The summed E-state index contributed by atoms with van der Waals surface area (Å²) in [6.07, 6.45) is 7.30. The van der Waals surface area contributed by atoms with Crippen LogP contribution < -0.4 is 5.73 Å². The largest absolute Gasteiger partial charge is 0.396 e. The van der Waals surface area contributed by atoms with Crippen molar-refractivity contribution in [3.8, 4) is 11.4 Å². The predicted molar refractivity (Wildman–Crippen MR) is 72.0 cm³/mol. The molecule has 2 aromatic heterocycles. The van der Waals surface area contributed by atoms with Gasteiger partial charge in [-0.25, -0.2) is 0 Å². The first kappa shape index (κ1) is 12.5. The minimum absolute atomic E-state index is 0.387. The molecule has 0 saturated carbocycles. The van der Waals surface area contributed by atoms with Crippen LogP contribution in [0.25, 0.3) is 11.4 Å². The van der Waals surface area contributed by atoms with Crippen LogP contribution in [0.15, 0.2) is 18.6 Å². The summed E-state index contributed by atoms with van der Waals surface area (Å²) in [5.74, 6) is 0. The molecule has 0 aliphatic heterocycles. The first-order valence-electron chi connectivity index (χ1n) is 6.30. The van der Waals surface area contributed by atoms with E-state index in [1.807, 2.05) is 17.8 Å². The Labute approximate surface area is 107 Å². The van der Waals surface area contributed by atoms with E-state index in [0.717, 1.165) is 29.9 Å². The number of anilines is 1. The van der Waals surface area contributed by atoms with Crippen LogP contribution in [-0.2, 0) is 0 Å². The van der Waals surface area contributed by atoms with Crippen LogP contribution in [0.5, 0.6) is 0 Å². The van der Waals surface area contributed by atoms with E-state index >= 15 is 0 Å². The van der Waals surface area contributed by atoms with Crippen molar-refractivity contribution in [2.24, 2.45) is 0 Å². The van der Waals surface area contributed by atoms with Crippen molar-refractivity contribution in [3.05, 3.63) is 24.3 Å². The number of nitrogen functional groups attached to an aromatic ring is 1. The quantitative estimate of drug-likeness (QED) is 0.898. The van der Waals surface area contributed by atoms with Crippen LogP contribution in [0.4, 0.5) is 5.69 Å². The molecule has 0 aliphatic rings. The Balaban J connectivity index is 2.44. The minimum atomic E-state index is 0.387. The lowest BCUT2D eigenvalue weighted by Gasteiger charge is -2.12. The molecule has 0 bridgehead atoms. The fourth-order valence-electron chi connectivity index (χ4n) is 2.08. The van der Waals surface area contributed by atoms with Gasteiger partial charge in [0.05, 0.1) is 17.4 Å². The molecule has 0 spiro atoms. The van der Waals surface area contributed by atoms with Crippen LogP contribution in [0, 0.1) is 6.92 Å². The predicted octanol–water partition coefficient (Wildman–Crippen LogP) is 2.59. The SMILES string of the molecule is CCC(CC)n1cc(N)c(-c2nccnc2C)n1. The summed E-state index contributed by atoms with van der Waals surface area (Å²) < 4.78 is 1.94. The van der Waals surface area contributed by atoms with Gasteiger partial charge in [-0.15, -0.1) is 0 Å². The van der Waals surface area contributed by atoms with E-state index in [9.17, 15) is 0 Å². The minimum Gasteiger partial charge on any atom is -0.396 e. The number of hydrogen-bond acceptors (Lipinski definition) is 4. The summed E-state index contributed by atoms with van der Waals surface area (Å²) in [5, 5.41) is 4.57. The molecule has 0 amide bonds. The van der Waals surface area contributed by atoms with Gasteiger partial charge in [0.2, 0.25) is 0 Å². The molecule has 2 heterocycles. The molecule has 2 rings (SSSR count). The van der Waals surface area contributed by atoms with Crippen LogP contribution >= 0.6 is 0 Å². The molecular weight excluding hydrogens is 226 g/mol. The van der Waals surface area contributed by atoms with E-state index in [4.69, 9.17) is 5.73 Å². The average Bonchev–Trinajstić information content (AvgIpc) is 2.73. The third-order valence-electron chi connectivity index (χ3n) is 3.18. The van der Waals surface area contributed by atoms with Crippen LogP contribution in [-0.4, -0.2) is 19.7 Å². The third-order valence-corrected chi connectivity index (χ3v) is 3.18. The Kier molecular flexibility index (Phi) is 3.60. The first-order valence-corrected chi connectivity index (χ1v) is 6.30. The summed E-state index contributed by atoms with van der Waals surface area (Å²) in [6, 6.07) is 0.387. The third kappa shape index (κ3) is 2.20. The number of aromatic nitrogens is 4. The monoisotopic (exact) mass is 245 g/mol. The Morgan fingerprint density at radius 2 is 1.83 bits per heavy atom. The zero-order valence-electron chi connectivity index (χ0n) is 11.1. The zero-order valence-corrected chi connectivity index (χ0v) is 11.1. The Morgan fingerprint density at radius 1 is 1.17 bits per heavy atom. The molecule has 0 atom stereocenters. The zero-order chi connectivity index (χ0) is 13.1. The molecule has 0 fully saturated rings. The highest BCUT2D eigenvalue weighted by Gasteiger charge is 2.15. The topological polar surface area (TPSA) is 69.6 Å². The van der Waals surface area contributed by atoms with Crippen molar-refractivity contribution in [1.82, 2.24) is 19.7 Å². The van der Waals surface area contributed by atoms with Gasteiger partial charge in [-0.2, -0.15) is 5.10 Å². The van der Waals surface area contributed by atoms with Crippen molar-refractivity contribution < 1.29 is 0 Å². The number of aryl methyl sites for hydroxylation is 1. The van der Waals surface area contributed by atoms with E-state index < -0.39 is 0 Å². The van der Waals surface area contributed by atoms with Gasteiger partial charge in [0.1, 0.15) is 11.4 Å². The molecular formula is C13H19N5. The Hall–Kier alpha value is -1.91. The molecule has 18 heavy (non-hydrogen) atoms. The molecule has 0 aliphatic carbocycles. The van der Waals surface area contributed by atoms with Gasteiger partial charge in [-0.1, -0.05) is 13.8 Å². The average molecular weight is 245 g/mol. The van der Waals surface area contributed by atoms with Gasteiger partial charge >= 0.3 is 0 Å². The first-order chi connectivity index (χ1) is 8.67. The number of nitrogens with zero attached hydrogens (tertiary/aromatic N) is 4. The van der Waals surface area contributed by atoms with Gasteiger partial charge < -0.3 is 5.73 Å². The lowest BCUT2D eigenvalue weighted by Crippen LogP contribution is -2.07. The van der Waals surface area contributed by atoms with Crippen molar-refractivity contribution >= 4 is 5.69 Å². The molecule has 2 N–H and O–H groups in total. The second-order valence-corrected chi connectivity index (χ2v) is 4.37. The van der Waals surface area contributed by atoms with Crippen molar-refractivity contribution in [1.29, 1.82) is 0 Å². The highest BCUT2D eigenvalue weighted by molar-refractivity contribution is 5.70. The smallest absolute Gasteiger partial charge is 0.135 e. The lowest BCUT2D eigenvalue weighted by molar-refractivity contribution is 0.429. The maximum absolute atomic E-state index is 6.04. The lowest BCUT2D eigenvalue weighted by atomic mass is 10.2. The normalized spacial score (nSPS) is 11.1. The maximum Gasteiger partial charge on any atom is 0.135 e. The molecule has 2 aromatic rings. The highest BCUT2D eigenvalue weighted by atomic mass is 15.3. The standard InChI is InChI=1S/C13H19N5/c1-4-10(5-2)18-8-11(14)13(17-18)12-9(3)15-6-7-16-12/h6-8,10H,4-5,14H2,1-3H3. The second kappa shape index (κ2) is 5.16. The molecule has 96 valence electrons. The van der Waals surface area contributed by atoms with Gasteiger partial charge in [0.25, 0.3) is 0 Å². The van der Waals surface area contributed by atoms with Gasteiger partial charge in [0, 0.05) is 18.6 Å². The van der Waals surface area contributed by atoms with Crippen molar-refractivity contribution in [2.75, 3.05) is 5.73 Å². The Morgan fingerprint density at radius 3 is 2.44 bits per heavy atom. The molecule has 0 aromatic carbocycles. The van der Waals surface area contributed by atoms with Crippen molar-refractivity contribution in [3.63, 3.8) is 0 Å². The summed E-state index contributed by atoms with van der Waals surface area (Å²) >= 11 is 0. The van der Waals surface area contributed by atoms with Crippen molar-refractivity contribution in [2.45, 2.75) is 39.7 Å². The molecule has 5 nitrogen and oxygen atoms in total. The van der Waals surface area contributed by atoms with Gasteiger partial charge in [-0.05, 0) is 19.8 Å². The van der Waals surface area contributed by atoms with E-state index in [2.05, 4.69) is 28.9 Å². The fourth-order valence-corrected chi connectivity index (χ4v) is 2.08. The Bertz CT molecular complexity index is 528. The van der Waals surface area contributed by atoms with E-state index in [1.54, 1.807) is 12.4 Å². The molecule has 0 radical (unpaired) electrons. The fraction of sp³-hybridized carbons (Fsp3) is 0.462. The molecule has 0 unspecified atom stereocenters. The van der Waals surface area contributed by atoms with E-state index in [-0.39, 0.29) is 0 Å². The highest BCUT2D eigenvalue weighted by Crippen LogP contribution is 2.26. The van der Waals surface area contributed by atoms with Crippen LogP contribution in [0.2, 0.25) is 0 Å². The van der Waals surface area contributed by atoms with Gasteiger partial charge in [0.15, 0.2) is 0 Å². The van der Waals surface area contributed by atoms with Crippen LogP contribution in [0.3, 0.4) is 0 Å². The summed E-state index contributed by atoms with van der Waals surface area (Å²) in [6.45, 7) is 6.22. The summed E-state index contributed by atoms with van der Waals surface area (Å²) in [7, 11) is 0. The number of nitrogens with two attached hydrogens (primary N) is 1. The van der Waals surface area contributed by atoms with E-state index in [0.29, 0.717) is 11.7 Å². The second-order valence-electron chi connectivity index (χ2n) is 4.37. The maximum atomic E-state index is 6.04. The molecule has 0 saturated heterocycles. The summed E-state index contributed by atoms with van der Waals surface area (Å²) in [4.78, 5) is 8.54. The summed E-state index contributed by atoms with van der Waals surface area (Å²) in [5.41, 5.74) is 9.04. The number of hydrogen-bond donors (Lipinski definition) is 1. The number of rotatable bonds is 4.